The van der Waals surface area contributed by atoms with Crippen LogP contribution in [0.1, 0.15) is 103 Å². The molecule has 7 heteroatoms. The van der Waals surface area contributed by atoms with E-state index in [0.29, 0.717) is 29.1 Å². The first kappa shape index (κ1) is 46.4. The maximum Gasteiger partial charge on any atom is 2.00 e. The van der Waals surface area contributed by atoms with E-state index in [0.717, 1.165) is 11.8 Å². The maximum atomic E-state index is 11.3. The standard InChI is InChI=1S/C10H12N2O3.C9H17.C7H16.C4H10O.CH3.W/c11-9(14)7-1-3-8(4-2-7)10(15)12-5-6-13;1-6-9(4,5)7-8(2)3;1-6(2)7(3,4)5;1-4(2)3-5;;/h1-4,13H,5-6H2,(H2,11,14)(H,12,15);1,6,8H,7H2,2-5H3;6H,1-5H3;4-5H,3H2,1-2H3;1H3;/q;-1;;;-1;+2. The minimum atomic E-state index is -0.530. The van der Waals surface area contributed by atoms with Crippen molar-refractivity contribution in [3.05, 3.63) is 55.5 Å². The van der Waals surface area contributed by atoms with E-state index in [-0.39, 0.29) is 53.0 Å². The van der Waals surface area contributed by atoms with Gasteiger partial charge in [0.25, 0.3) is 5.91 Å². The van der Waals surface area contributed by atoms with Crippen LogP contribution in [-0.2, 0) is 21.1 Å². The van der Waals surface area contributed by atoms with Gasteiger partial charge in [0, 0.05) is 24.3 Å². The molecular formula is C31H58N2O4W. The van der Waals surface area contributed by atoms with Crippen molar-refractivity contribution in [2.75, 3.05) is 19.8 Å². The molecule has 0 bridgehead atoms. The van der Waals surface area contributed by atoms with E-state index < -0.39 is 5.91 Å². The Kier molecular flexibility index (Phi) is 29.9. The van der Waals surface area contributed by atoms with Crippen molar-refractivity contribution in [2.45, 2.75) is 82.6 Å². The van der Waals surface area contributed by atoms with E-state index in [9.17, 15) is 9.59 Å². The third-order valence-corrected chi connectivity index (χ3v) is 5.31. The fourth-order valence-corrected chi connectivity index (χ4v) is 2.18. The second kappa shape index (κ2) is 24.5. The Balaban J connectivity index is -0.000000137. The summed E-state index contributed by atoms with van der Waals surface area (Å²) >= 11 is 0. The van der Waals surface area contributed by atoms with Crippen LogP contribution in [0.3, 0.4) is 0 Å². The maximum absolute atomic E-state index is 11.3. The summed E-state index contributed by atoms with van der Waals surface area (Å²) < 4.78 is 0. The molecule has 38 heavy (non-hydrogen) atoms. The van der Waals surface area contributed by atoms with E-state index in [1.165, 1.54) is 30.7 Å². The van der Waals surface area contributed by atoms with Crippen molar-refractivity contribution < 1.29 is 40.9 Å². The third kappa shape index (κ3) is 29.1. The number of allylic oxidation sites excluding steroid dienone is 1. The van der Waals surface area contributed by atoms with E-state index in [4.69, 9.17) is 22.5 Å². The molecule has 1 rings (SSSR count). The first-order valence-electron chi connectivity index (χ1n) is 12.8. The van der Waals surface area contributed by atoms with Crippen LogP contribution in [0, 0.1) is 42.6 Å². The van der Waals surface area contributed by atoms with Crippen LogP contribution in [0.15, 0.2) is 30.3 Å². The molecule has 0 heterocycles. The van der Waals surface area contributed by atoms with E-state index in [1.54, 1.807) is 6.08 Å². The number of benzene rings is 1. The first-order chi connectivity index (χ1) is 16.3. The molecule has 0 atom stereocenters. The molecule has 0 spiro atoms. The zero-order valence-corrected chi connectivity index (χ0v) is 29.2. The van der Waals surface area contributed by atoms with Crippen LogP contribution in [0.25, 0.3) is 0 Å². The molecule has 0 fully saturated rings. The van der Waals surface area contributed by atoms with Gasteiger partial charge in [0.15, 0.2) is 0 Å². The molecule has 5 N–H and O–H groups in total. The van der Waals surface area contributed by atoms with Crippen LogP contribution >= 0.6 is 0 Å². The number of carbonyl (C=O) groups excluding carboxylic acids is 2. The van der Waals surface area contributed by atoms with Gasteiger partial charge >= 0.3 is 21.1 Å². The van der Waals surface area contributed by atoms with Gasteiger partial charge in [-0.25, -0.2) is 0 Å². The Morgan fingerprint density at radius 3 is 1.50 bits per heavy atom. The van der Waals surface area contributed by atoms with E-state index in [1.807, 2.05) is 13.8 Å². The summed E-state index contributed by atoms with van der Waals surface area (Å²) in [5.41, 5.74) is 6.54. The summed E-state index contributed by atoms with van der Waals surface area (Å²) in [6.07, 6.45) is 2.95. The second-order valence-electron chi connectivity index (χ2n) is 11.8. The zero-order valence-electron chi connectivity index (χ0n) is 26.2. The van der Waals surface area contributed by atoms with Gasteiger partial charge in [0.2, 0.25) is 5.91 Å². The van der Waals surface area contributed by atoms with Crippen molar-refractivity contribution in [2.24, 2.45) is 34.3 Å². The quantitative estimate of drug-likeness (QED) is 0.237. The van der Waals surface area contributed by atoms with Gasteiger partial charge < -0.3 is 35.3 Å². The topological polar surface area (TPSA) is 113 Å². The first-order valence-corrected chi connectivity index (χ1v) is 12.8. The molecular weight excluding hydrogens is 648 g/mol. The molecule has 1 aromatic rings. The Labute approximate surface area is 249 Å². The summed E-state index contributed by atoms with van der Waals surface area (Å²) in [6.45, 7) is 29.8. The average molecular weight is 707 g/mol. The largest absolute Gasteiger partial charge is 2.00 e. The van der Waals surface area contributed by atoms with Crippen molar-refractivity contribution in [1.29, 1.82) is 0 Å². The number of aliphatic hydroxyl groups excluding tert-OH is 2. The molecule has 6 nitrogen and oxygen atoms in total. The SMILES string of the molecule is CC(C)C(C)(C)C.CC(C)CO.NC(=O)c1ccc(C(=O)NCCO)cc1.[CH-]=CC(C)(C)CC(C)C.[CH3-].[W+2]. The van der Waals surface area contributed by atoms with Gasteiger partial charge in [-0.15, -0.1) is 0 Å². The van der Waals surface area contributed by atoms with Crippen molar-refractivity contribution >= 4 is 11.8 Å². The number of aliphatic hydroxyl groups is 2. The molecule has 0 radical (unpaired) electrons. The molecule has 0 aliphatic carbocycles. The number of amides is 2. The van der Waals surface area contributed by atoms with E-state index >= 15 is 0 Å². The fraction of sp³-hybridized carbons (Fsp3) is 0.645. The Bertz CT molecular complexity index is 722. The van der Waals surface area contributed by atoms with Crippen LogP contribution < -0.4 is 11.1 Å². The number of nitrogens with one attached hydrogen (secondary N) is 1. The number of rotatable bonds is 8. The minimum Gasteiger partial charge on any atom is -0.517 e. The van der Waals surface area contributed by atoms with Crippen LogP contribution in [0.2, 0.25) is 0 Å². The number of carbonyl (C=O) groups is 2. The molecule has 1 aromatic carbocycles. The fourth-order valence-electron chi connectivity index (χ4n) is 2.18. The number of nitrogens with two attached hydrogens (primary N) is 1. The summed E-state index contributed by atoms with van der Waals surface area (Å²) in [6, 6.07) is 5.98. The number of hydrogen-bond acceptors (Lipinski definition) is 4. The molecule has 2 amide bonds. The van der Waals surface area contributed by atoms with Crippen LogP contribution in [0.5, 0.6) is 0 Å². The molecule has 0 aliphatic heterocycles. The summed E-state index contributed by atoms with van der Waals surface area (Å²) in [5.74, 6) is 1.15. The summed E-state index contributed by atoms with van der Waals surface area (Å²) in [7, 11) is 0. The van der Waals surface area contributed by atoms with Gasteiger partial charge in [-0.1, -0.05) is 76.2 Å². The number of primary amides is 1. The predicted octanol–water partition coefficient (Wildman–Crippen LogP) is 6.33. The Morgan fingerprint density at radius 1 is 0.921 bits per heavy atom. The third-order valence-electron chi connectivity index (χ3n) is 5.31. The van der Waals surface area contributed by atoms with Crippen molar-refractivity contribution in [1.82, 2.24) is 5.32 Å². The monoisotopic (exact) mass is 706 g/mol. The van der Waals surface area contributed by atoms with Gasteiger partial charge in [-0.3, -0.25) is 15.7 Å². The van der Waals surface area contributed by atoms with Crippen molar-refractivity contribution in [3.63, 3.8) is 0 Å². The molecule has 0 aromatic heterocycles. The van der Waals surface area contributed by atoms with Gasteiger partial charge in [-0.05, 0) is 59.3 Å². The second-order valence-corrected chi connectivity index (χ2v) is 11.8. The zero-order chi connectivity index (χ0) is 29.1. The van der Waals surface area contributed by atoms with Crippen molar-refractivity contribution in [3.8, 4) is 0 Å². The van der Waals surface area contributed by atoms with E-state index in [2.05, 4.69) is 67.6 Å². The summed E-state index contributed by atoms with van der Waals surface area (Å²) in [4.78, 5) is 22.1. The van der Waals surface area contributed by atoms with Gasteiger partial charge in [0.1, 0.15) is 0 Å². The Hall–Kier alpha value is -1.49. The van der Waals surface area contributed by atoms with Gasteiger partial charge in [0.05, 0.1) is 6.61 Å². The molecule has 0 saturated carbocycles. The normalized spacial score (nSPS) is 10.3. The summed E-state index contributed by atoms with van der Waals surface area (Å²) in [5, 5.41) is 19.1. The average Bonchev–Trinajstić information content (AvgIpc) is 2.77. The number of hydrogen-bond donors (Lipinski definition) is 4. The predicted molar refractivity (Wildman–Crippen MR) is 159 cm³/mol. The van der Waals surface area contributed by atoms with Crippen LogP contribution in [0.4, 0.5) is 0 Å². The minimum absolute atomic E-state index is 0. The molecule has 222 valence electrons. The van der Waals surface area contributed by atoms with Gasteiger partial charge in [-0.2, -0.15) is 0 Å². The molecule has 0 unspecified atom stereocenters. The molecule has 0 aliphatic rings. The Morgan fingerprint density at radius 2 is 1.29 bits per heavy atom. The van der Waals surface area contributed by atoms with Crippen LogP contribution in [-0.4, -0.2) is 41.8 Å². The smallest absolute Gasteiger partial charge is 0.517 e. The molecule has 0 saturated heterocycles.